The van der Waals surface area contributed by atoms with Crippen molar-refractivity contribution in [1.82, 2.24) is 9.88 Å². The van der Waals surface area contributed by atoms with E-state index in [-0.39, 0.29) is 17.9 Å². The minimum absolute atomic E-state index is 0.0138. The van der Waals surface area contributed by atoms with Crippen LogP contribution in [0.25, 0.3) is 10.9 Å². The number of carbonyl (C=O) groups excluding carboxylic acids is 2. The largest absolute Gasteiger partial charge is 0.361 e. The van der Waals surface area contributed by atoms with Crippen molar-refractivity contribution in [2.45, 2.75) is 18.1 Å². The van der Waals surface area contributed by atoms with Crippen LogP contribution in [-0.4, -0.2) is 46.5 Å². The van der Waals surface area contributed by atoms with E-state index in [0.29, 0.717) is 13.1 Å². The molecule has 0 aliphatic carbocycles. The number of para-hydroxylation sites is 2. The number of fused-ring (bicyclic) bond motifs is 2. The Balaban J connectivity index is 1.21. The number of hydrogen-bond donors (Lipinski definition) is 2. The molecule has 3 aliphatic heterocycles. The summed E-state index contributed by atoms with van der Waals surface area (Å²) in [7, 11) is 0. The molecule has 6 rings (SSSR count). The molecule has 2 aromatic carbocycles. The second kappa shape index (κ2) is 6.82. The van der Waals surface area contributed by atoms with Crippen LogP contribution in [0.5, 0.6) is 0 Å². The Morgan fingerprint density at radius 1 is 1.16 bits per heavy atom. The van der Waals surface area contributed by atoms with Crippen molar-refractivity contribution in [1.29, 1.82) is 0 Å². The standard InChI is InChI=1S/C25H23N3O3/c29-23(27-17-6-2-1-3-7-17)21-20-10-12-25(31-20)15-28(24(30)22(21)25)13-11-16-14-26-19-9-5-4-8-18(16)19/h1-10,12,14,20-22,26H,11,13,15H2,(H,27,29)/t20-,21?,22-,25-/m1/s1. The monoisotopic (exact) mass is 413 g/mol. The first-order chi connectivity index (χ1) is 15.1. The Bertz CT molecular complexity index is 1200. The first kappa shape index (κ1) is 18.4. The number of nitrogens with zero attached hydrogens (tertiary/aromatic N) is 1. The molecule has 1 aromatic heterocycles. The topological polar surface area (TPSA) is 74.4 Å². The molecule has 1 unspecified atom stereocenters. The molecule has 1 spiro atoms. The summed E-state index contributed by atoms with van der Waals surface area (Å²) in [5.74, 6) is -1.11. The summed E-state index contributed by atoms with van der Waals surface area (Å²) in [6.45, 7) is 1.11. The van der Waals surface area contributed by atoms with Crippen LogP contribution in [0.3, 0.4) is 0 Å². The van der Waals surface area contributed by atoms with E-state index < -0.39 is 17.4 Å². The third-order valence-electron chi connectivity index (χ3n) is 6.85. The van der Waals surface area contributed by atoms with E-state index in [1.807, 2.05) is 65.7 Å². The lowest BCUT2D eigenvalue weighted by molar-refractivity contribution is -0.135. The molecule has 156 valence electrons. The molecule has 0 radical (unpaired) electrons. The van der Waals surface area contributed by atoms with E-state index in [1.165, 1.54) is 10.9 Å². The Morgan fingerprint density at radius 2 is 1.97 bits per heavy atom. The van der Waals surface area contributed by atoms with Crippen LogP contribution in [0.4, 0.5) is 5.69 Å². The van der Waals surface area contributed by atoms with Gasteiger partial charge in [-0.15, -0.1) is 0 Å². The Kier molecular flexibility index (Phi) is 4.05. The number of likely N-dealkylation sites (tertiary alicyclic amines) is 1. The summed E-state index contributed by atoms with van der Waals surface area (Å²) >= 11 is 0. The highest BCUT2D eigenvalue weighted by Gasteiger charge is 2.66. The maximum absolute atomic E-state index is 13.4. The van der Waals surface area contributed by atoms with Crippen molar-refractivity contribution in [3.8, 4) is 0 Å². The Hall–Kier alpha value is -3.38. The third-order valence-corrected chi connectivity index (χ3v) is 6.85. The Labute approximate surface area is 179 Å². The van der Waals surface area contributed by atoms with E-state index in [1.54, 1.807) is 0 Å². The van der Waals surface area contributed by atoms with Crippen molar-refractivity contribution in [3.63, 3.8) is 0 Å². The molecular formula is C25H23N3O3. The van der Waals surface area contributed by atoms with Crippen LogP contribution in [0, 0.1) is 11.8 Å². The molecule has 6 nitrogen and oxygen atoms in total. The van der Waals surface area contributed by atoms with E-state index in [2.05, 4.69) is 22.4 Å². The molecule has 4 atom stereocenters. The zero-order valence-corrected chi connectivity index (χ0v) is 17.0. The zero-order chi connectivity index (χ0) is 21.0. The van der Waals surface area contributed by atoms with Gasteiger partial charge in [-0.2, -0.15) is 0 Å². The van der Waals surface area contributed by atoms with Gasteiger partial charge in [0, 0.05) is 29.3 Å². The number of benzene rings is 2. The van der Waals surface area contributed by atoms with Crippen molar-refractivity contribution in [2.75, 3.05) is 18.4 Å². The minimum atomic E-state index is -0.680. The van der Waals surface area contributed by atoms with Gasteiger partial charge in [0.15, 0.2) is 0 Å². The fraction of sp³-hybridized carbons (Fsp3) is 0.280. The molecule has 2 amide bonds. The van der Waals surface area contributed by atoms with Gasteiger partial charge in [0.25, 0.3) is 0 Å². The number of carbonyl (C=O) groups is 2. The number of amides is 2. The van der Waals surface area contributed by atoms with E-state index in [0.717, 1.165) is 17.6 Å². The van der Waals surface area contributed by atoms with Crippen LogP contribution in [0.1, 0.15) is 5.56 Å². The van der Waals surface area contributed by atoms with Gasteiger partial charge in [-0.1, -0.05) is 48.6 Å². The van der Waals surface area contributed by atoms with Gasteiger partial charge in [0.1, 0.15) is 5.60 Å². The highest BCUT2D eigenvalue weighted by atomic mass is 16.5. The molecule has 6 heteroatoms. The average Bonchev–Trinajstić information content (AvgIpc) is 3.53. The van der Waals surface area contributed by atoms with Crippen LogP contribution in [-0.2, 0) is 20.7 Å². The first-order valence-electron chi connectivity index (χ1n) is 10.7. The highest BCUT2D eigenvalue weighted by Crippen LogP contribution is 2.52. The van der Waals surface area contributed by atoms with Crippen molar-refractivity contribution >= 4 is 28.4 Å². The lowest BCUT2D eigenvalue weighted by Gasteiger charge is -2.23. The van der Waals surface area contributed by atoms with Gasteiger partial charge in [-0.3, -0.25) is 9.59 Å². The number of nitrogens with one attached hydrogen (secondary N) is 2. The molecule has 3 aliphatic rings. The van der Waals surface area contributed by atoms with Crippen molar-refractivity contribution in [3.05, 3.63) is 78.5 Å². The molecule has 2 bridgehead atoms. The van der Waals surface area contributed by atoms with Gasteiger partial charge in [0.2, 0.25) is 11.8 Å². The fourth-order valence-electron chi connectivity index (χ4n) is 5.41. The summed E-state index contributed by atoms with van der Waals surface area (Å²) in [4.78, 5) is 31.6. The number of H-pyrrole nitrogens is 1. The number of anilines is 1. The van der Waals surface area contributed by atoms with Crippen LogP contribution < -0.4 is 5.32 Å². The molecular weight excluding hydrogens is 390 g/mol. The summed E-state index contributed by atoms with van der Waals surface area (Å²) < 4.78 is 6.22. The average molecular weight is 413 g/mol. The first-order valence-corrected chi connectivity index (χ1v) is 10.7. The molecule has 4 heterocycles. The van der Waals surface area contributed by atoms with E-state index in [4.69, 9.17) is 4.74 Å². The summed E-state index contributed by atoms with van der Waals surface area (Å²) in [6, 6.07) is 17.5. The van der Waals surface area contributed by atoms with Gasteiger partial charge >= 0.3 is 0 Å². The predicted octanol–water partition coefficient (Wildman–Crippen LogP) is 3.13. The second-order valence-corrected chi connectivity index (χ2v) is 8.62. The van der Waals surface area contributed by atoms with Gasteiger partial charge < -0.3 is 19.9 Å². The van der Waals surface area contributed by atoms with Crippen LogP contribution >= 0.6 is 0 Å². The summed E-state index contributed by atoms with van der Waals surface area (Å²) in [6.07, 6.45) is 6.38. The molecule has 0 saturated carbocycles. The molecule has 2 N–H and O–H groups in total. The van der Waals surface area contributed by atoms with Crippen molar-refractivity contribution < 1.29 is 14.3 Å². The normalized spacial score (nSPS) is 28.5. The SMILES string of the molecule is O=C(Nc1ccccc1)C1[C@H]2C=C[C@]3(CN(CCc4c[nH]c5ccccc45)C(=O)[C@@H]13)O2. The van der Waals surface area contributed by atoms with Gasteiger partial charge in [-0.05, 0) is 30.2 Å². The maximum Gasteiger partial charge on any atom is 0.231 e. The molecule has 31 heavy (non-hydrogen) atoms. The highest BCUT2D eigenvalue weighted by molar-refractivity contribution is 5.99. The number of aromatic amines is 1. The number of aromatic nitrogens is 1. The Morgan fingerprint density at radius 3 is 2.84 bits per heavy atom. The van der Waals surface area contributed by atoms with Crippen molar-refractivity contribution in [2.24, 2.45) is 11.8 Å². The molecule has 3 aromatic rings. The third kappa shape index (κ3) is 2.82. The van der Waals surface area contributed by atoms with Gasteiger partial charge in [0.05, 0.1) is 24.5 Å². The van der Waals surface area contributed by atoms with Crippen LogP contribution in [0.2, 0.25) is 0 Å². The minimum Gasteiger partial charge on any atom is -0.361 e. The number of ether oxygens (including phenoxy) is 1. The fourth-order valence-corrected chi connectivity index (χ4v) is 5.41. The summed E-state index contributed by atoms with van der Waals surface area (Å²) in [5, 5.41) is 4.15. The smallest absolute Gasteiger partial charge is 0.231 e. The number of hydrogen-bond acceptors (Lipinski definition) is 3. The second-order valence-electron chi connectivity index (χ2n) is 8.62. The van der Waals surface area contributed by atoms with E-state index >= 15 is 0 Å². The predicted molar refractivity (Wildman–Crippen MR) is 117 cm³/mol. The quantitative estimate of drug-likeness (QED) is 0.631. The molecule has 2 saturated heterocycles. The van der Waals surface area contributed by atoms with Gasteiger partial charge in [-0.25, -0.2) is 0 Å². The summed E-state index contributed by atoms with van der Waals surface area (Å²) in [5.41, 5.74) is 2.34. The zero-order valence-electron chi connectivity index (χ0n) is 17.0. The maximum atomic E-state index is 13.4. The lowest BCUT2D eigenvalue weighted by Crippen LogP contribution is -2.41. The number of rotatable bonds is 5. The van der Waals surface area contributed by atoms with E-state index in [9.17, 15) is 9.59 Å². The lowest BCUT2D eigenvalue weighted by atomic mass is 9.77. The molecule has 2 fully saturated rings. The van der Waals surface area contributed by atoms with Crippen LogP contribution in [0.15, 0.2) is 72.9 Å².